The van der Waals surface area contributed by atoms with Gasteiger partial charge in [-0.25, -0.2) is 9.18 Å². The summed E-state index contributed by atoms with van der Waals surface area (Å²) in [6.07, 6.45) is -5.82. The number of imide groups is 1. The molecule has 4 rings (SSSR count). The van der Waals surface area contributed by atoms with Gasteiger partial charge in [-0.2, -0.15) is 13.2 Å². The molecule has 4 unspecified atom stereocenters. The molecule has 2 saturated heterocycles. The summed E-state index contributed by atoms with van der Waals surface area (Å²) >= 11 is 1.09. The highest BCUT2D eigenvalue weighted by Crippen LogP contribution is 2.35. The quantitative estimate of drug-likeness (QED) is 0.520. The standard InChI is InChI=1S/C23H23F4N5O3S/c1-31-19-17(21(34)32(2)22(31)35)20(30-18(29-19)12-6-8-14(24)9-7-12)36-11-16(33)28-15-5-3-4-13(10-15)23(25,26)27/h3-10,17-20,29-30H,11H2,1-2H3,(H,28,33). The summed E-state index contributed by atoms with van der Waals surface area (Å²) in [6, 6.07) is 9.46. The summed E-state index contributed by atoms with van der Waals surface area (Å²) < 4.78 is 52.3. The van der Waals surface area contributed by atoms with Crippen LogP contribution in [0, 0.1) is 11.7 Å². The molecule has 0 bridgehead atoms. The van der Waals surface area contributed by atoms with Gasteiger partial charge in [0, 0.05) is 19.8 Å². The molecule has 2 aromatic carbocycles. The molecule has 36 heavy (non-hydrogen) atoms. The maximum absolute atomic E-state index is 13.4. The first-order chi connectivity index (χ1) is 17.0. The molecule has 2 aromatic rings. The number of amides is 4. The predicted molar refractivity (Wildman–Crippen MR) is 125 cm³/mol. The largest absolute Gasteiger partial charge is 0.416 e. The van der Waals surface area contributed by atoms with E-state index in [0.29, 0.717) is 5.56 Å². The molecule has 4 amide bonds. The molecule has 192 valence electrons. The minimum atomic E-state index is -4.55. The van der Waals surface area contributed by atoms with Crippen LogP contribution in [-0.4, -0.2) is 59.0 Å². The van der Waals surface area contributed by atoms with Crippen molar-refractivity contribution in [3.63, 3.8) is 0 Å². The van der Waals surface area contributed by atoms with Crippen molar-refractivity contribution >= 4 is 35.3 Å². The van der Waals surface area contributed by atoms with Gasteiger partial charge >= 0.3 is 12.2 Å². The smallest absolute Gasteiger partial charge is 0.325 e. The van der Waals surface area contributed by atoms with E-state index in [0.717, 1.165) is 28.8 Å². The van der Waals surface area contributed by atoms with Crippen LogP contribution in [0.1, 0.15) is 17.3 Å². The average molecular weight is 526 g/mol. The lowest BCUT2D eigenvalue weighted by atomic mass is 9.96. The number of thioether (sulfide) groups is 1. The summed E-state index contributed by atoms with van der Waals surface area (Å²) in [7, 11) is 2.91. The fourth-order valence-electron chi connectivity index (χ4n) is 4.18. The second-order valence-corrected chi connectivity index (χ2v) is 9.57. The minimum Gasteiger partial charge on any atom is -0.325 e. The van der Waals surface area contributed by atoms with E-state index in [1.54, 1.807) is 19.2 Å². The van der Waals surface area contributed by atoms with Crippen molar-refractivity contribution in [2.45, 2.75) is 23.9 Å². The topological polar surface area (TPSA) is 93.8 Å². The number of benzene rings is 2. The second-order valence-electron chi connectivity index (χ2n) is 8.44. The fraction of sp³-hybridized carbons (Fsp3) is 0.348. The molecule has 3 N–H and O–H groups in total. The molecule has 4 atom stereocenters. The molecule has 8 nitrogen and oxygen atoms in total. The lowest BCUT2D eigenvalue weighted by molar-refractivity contribution is -0.140. The van der Waals surface area contributed by atoms with Crippen molar-refractivity contribution in [2.75, 3.05) is 25.2 Å². The summed E-state index contributed by atoms with van der Waals surface area (Å²) in [5.41, 5.74) is -0.239. The zero-order chi connectivity index (χ0) is 26.2. The molecule has 0 spiro atoms. The molecule has 13 heteroatoms. The Kier molecular flexibility index (Phi) is 7.25. The van der Waals surface area contributed by atoms with Gasteiger partial charge in [-0.15, -0.1) is 11.8 Å². The summed E-state index contributed by atoms with van der Waals surface area (Å²) in [4.78, 5) is 40.5. The van der Waals surface area contributed by atoms with Crippen LogP contribution >= 0.6 is 11.8 Å². The van der Waals surface area contributed by atoms with Crippen LogP contribution < -0.4 is 16.0 Å². The van der Waals surface area contributed by atoms with E-state index >= 15 is 0 Å². The van der Waals surface area contributed by atoms with Crippen molar-refractivity contribution in [3.8, 4) is 0 Å². The van der Waals surface area contributed by atoms with Crippen molar-refractivity contribution in [1.29, 1.82) is 0 Å². The van der Waals surface area contributed by atoms with E-state index in [9.17, 15) is 31.9 Å². The van der Waals surface area contributed by atoms with Gasteiger partial charge in [0.1, 0.15) is 5.82 Å². The lowest BCUT2D eigenvalue weighted by Gasteiger charge is -2.50. The predicted octanol–water partition coefficient (Wildman–Crippen LogP) is 3.20. The number of hydrogen-bond acceptors (Lipinski definition) is 6. The van der Waals surface area contributed by atoms with E-state index in [2.05, 4.69) is 16.0 Å². The number of nitrogens with one attached hydrogen (secondary N) is 3. The van der Waals surface area contributed by atoms with Gasteiger partial charge in [0.2, 0.25) is 11.8 Å². The van der Waals surface area contributed by atoms with Crippen molar-refractivity contribution in [2.24, 2.45) is 5.92 Å². The van der Waals surface area contributed by atoms with E-state index < -0.39 is 59.0 Å². The van der Waals surface area contributed by atoms with Crippen LogP contribution in [0.4, 0.5) is 28.0 Å². The van der Waals surface area contributed by atoms with Gasteiger partial charge in [-0.1, -0.05) is 18.2 Å². The van der Waals surface area contributed by atoms with Gasteiger partial charge < -0.3 is 10.2 Å². The normalized spacial score (nSPS) is 24.5. The second kappa shape index (κ2) is 10.1. The maximum atomic E-state index is 13.4. The Morgan fingerprint density at radius 2 is 1.78 bits per heavy atom. The highest BCUT2D eigenvalue weighted by molar-refractivity contribution is 8.00. The van der Waals surface area contributed by atoms with Crippen LogP contribution in [0.2, 0.25) is 0 Å². The Balaban J connectivity index is 1.51. The number of fused-ring (bicyclic) bond motifs is 1. The first kappa shape index (κ1) is 25.9. The van der Waals surface area contributed by atoms with Crippen LogP contribution in [0.3, 0.4) is 0 Å². The number of hydrogen-bond donors (Lipinski definition) is 3. The fourth-order valence-corrected chi connectivity index (χ4v) is 5.29. The molecule has 0 radical (unpaired) electrons. The first-order valence-corrected chi connectivity index (χ1v) is 11.9. The Hall–Kier alpha value is -3.16. The summed E-state index contributed by atoms with van der Waals surface area (Å²) in [5, 5.41) is 8.24. The van der Waals surface area contributed by atoms with Gasteiger partial charge in [0.25, 0.3) is 0 Å². The van der Waals surface area contributed by atoms with E-state index in [1.807, 2.05) is 0 Å². The van der Waals surface area contributed by atoms with E-state index in [4.69, 9.17) is 0 Å². The monoisotopic (exact) mass is 525 g/mol. The highest BCUT2D eigenvalue weighted by Gasteiger charge is 2.51. The number of nitrogens with zero attached hydrogens (tertiary/aromatic N) is 2. The van der Waals surface area contributed by atoms with Crippen LogP contribution in [0.5, 0.6) is 0 Å². The Bertz CT molecular complexity index is 1160. The van der Waals surface area contributed by atoms with Crippen LogP contribution in [0.15, 0.2) is 48.5 Å². The molecule has 0 aromatic heterocycles. The number of halogens is 4. The number of carbonyl (C=O) groups is 3. The van der Waals surface area contributed by atoms with Gasteiger partial charge in [0.05, 0.1) is 34.9 Å². The zero-order valence-corrected chi connectivity index (χ0v) is 20.0. The van der Waals surface area contributed by atoms with Crippen LogP contribution in [-0.2, 0) is 15.8 Å². The lowest BCUT2D eigenvalue weighted by Crippen LogP contribution is -2.72. The third kappa shape index (κ3) is 5.32. The molecular weight excluding hydrogens is 502 g/mol. The highest BCUT2D eigenvalue weighted by atomic mass is 32.2. The van der Waals surface area contributed by atoms with Gasteiger partial charge in [-0.3, -0.25) is 25.1 Å². The Morgan fingerprint density at radius 3 is 2.44 bits per heavy atom. The number of carbonyl (C=O) groups excluding carboxylic acids is 3. The van der Waals surface area contributed by atoms with E-state index in [1.165, 1.54) is 36.2 Å². The number of anilines is 1. The third-order valence-corrected chi connectivity index (χ3v) is 7.24. The molecule has 2 heterocycles. The Labute approximate surface area is 208 Å². The number of rotatable bonds is 5. The van der Waals surface area contributed by atoms with Gasteiger partial charge in [0.15, 0.2) is 0 Å². The average Bonchev–Trinajstić information content (AvgIpc) is 2.84. The third-order valence-electron chi connectivity index (χ3n) is 6.03. The number of alkyl halides is 3. The van der Waals surface area contributed by atoms with E-state index in [-0.39, 0.29) is 11.4 Å². The molecule has 0 aliphatic carbocycles. The van der Waals surface area contributed by atoms with Crippen molar-refractivity contribution < 1.29 is 31.9 Å². The van der Waals surface area contributed by atoms with Crippen molar-refractivity contribution in [3.05, 3.63) is 65.5 Å². The molecule has 0 saturated carbocycles. The molecule has 2 aliphatic rings. The summed E-state index contributed by atoms with van der Waals surface area (Å²) in [6.45, 7) is 0. The minimum absolute atomic E-state index is 0.00503. The summed E-state index contributed by atoms with van der Waals surface area (Å²) in [5.74, 6) is -2.37. The molecule has 2 fully saturated rings. The molecular formula is C23H23F4N5O3S. The molecule has 2 aliphatic heterocycles. The first-order valence-electron chi connectivity index (χ1n) is 10.9. The SMILES string of the molecule is CN1C(=O)C2C(SCC(=O)Nc3cccc(C(F)(F)F)c3)NC(c3ccc(F)cc3)NC2N(C)C1=O. The number of urea groups is 1. The maximum Gasteiger partial charge on any atom is 0.416 e. The Morgan fingerprint density at radius 1 is 1.08 bits per heavy atom. The zero-order valence-electron chi connectivity index (χ0n) is 19.2. The van der Waals surface area contributed by atoms with Gasteiger partial charge in [-0.05, 0) is 35.9 Å². The van der Waals surface area contributed by atoms with Crippen LogP contribution in [0.25, 0.3) is 0 Å². The van der Waals surface area contributed by atoms with Crippen molar-refractivity contribution in [1.82, 2.24) is 20.4 Å².